The van der Waals surface area contributed by atoms with Crippen molar-refractivity contribution in [2.45, 2.75) is 13.0 Å². The summed E-state index contributed by atoms with van der Waals surface area (Å²) in [5.74, 6) is -0.223. The van der Waals surface area contributed by atoms with Crippen molar-refractivity contribution < 1.29 is 9.53 Å². The van der Waals surface area contributed by atoms with Crippen molar-refractivity contribution in [3.63, 3.8) is 0 Å². The summed E-state index contributed by atoms with van der Waals surface area (Å²) < 4.78 is 7.99. The molecular formula is C22H15BrN4O2. The number of hydrogen-bond acceptors (Lipinski definition) is 5. The van der Waals surface area contributed by atoms with Gasteiger partial charge in [0.2, 0.25) is 5.90 Å². The maximum Gasteiger partial charge on any atom is 0.363 e. The van der Waals surface area contributed by atoms with E-state index in [-0.39, 0.29) is 11.6 Å². The van der Waals surface area contributed by atoms with Crippen LogP contribution in [0.1, 0.15) is 17.5 Å². The van der Waals surface area contributed by atoms with Gasteiger partial charge in [0.1, 0.15) is 0 Å². The average molecular weight is 447 g/mol. The average Bonchev–Trinajstić information content (AvgIpc) is 3.31. The molecule has 0 N–H and O–H groups in total. The Labute approximate surface area is 175 Å². The molecule has 1 aliphatic rings. The largest absolute Gasteiger partial charge is 0.402 e. The highest BCUT2D eigenvalue weighted by Crippen LogP contribution is 2.27. The Morgan fingerprint density at radius 1 is 1.10 bits per heavy atom. The van der Waals surface area contributed by atoms with E-state index < -0.39 is 5.97 Å². The molecule has 2 heterocycles. The number of aliphatic imine (C=N–C) groups is 1. The predicted molar refractivity (Wildman–Crippen MR) is 113 cm³/mol. The first-order valence-electron chi connectivity index (χ1n) is 8.92. The molecule has 3 aromatic rings. The summed E-state index contributed by atoms with van der Waals surface area (Å²) in [6.07, 6.45) is 3.83. The normalized spacial score (nSPS) is 14.6. The first kappa shape index (κ1) is 18.8. The summed E-state index contributed by atoms with van der Waals surface area (Å²) in [5, 5.41) is 13.5. The fourth-order valence-corrected chi connectivity index (χ4v) is 3.18. The number of hydrogen-bond donors (Lipinski definition) is 0. The second-order valence-electron chi connectivity index (χ2n) is 6.31. The van der Waals surface area contributed by atoms with Crippen molar-refractivity contribution in [3.8, 4) is 17.3 Å². The molecule has 0 saturated carbocycles. The van der Waals surface area contributed by atoms with Crippen molar-refractivity contribution in [3.05, 3.63) is 82.1 Å². The Kier molecular flexibility index (Phi) is 5.36. The number of cyclic esters (lactones) is 1. The van der Waals surface area contributed by atoms with Crippen LogP contribution in [0.15, 0.2) is 76.0 Å². The molecule has 4 rings (SSSR count). The summed E-state index contributed by atoms with van der Waals surface area (Å²) in [5.41, 5.74) is 3.29. The van der Waals surface area contributed by atoms with Crippen LogP contribution in [0.3, 0.4) is 0 Å². The van der Waals surface area contributed by atoms with Crippen LogP contribution in [0.2, 0.25) is 0 Å². The third-order valence-corrected chi connectivity index (χ3v) is 4.82. The molecular weight excluding hydrogens is 432 g/mol. The molecule has 1 aliphatic heterocycles. The van der Waals surface area contributed by atoms with Crippen LogP contribution >= 0.6 is 15.9 Å². The van der Waals surface area contributed by atoms with Crippen molar-refractivity contribution in [2.75, 3.05) is 0 Å². The molecule has 0 atom stereocenters. The summed E-state index contributed by atoms with van der Waals surface area (Å²) >= 11 is 3.43. The van der Waals surface area contributed by atoms with Gasteiger partial charge in [-0.15, -0.1) is 0 Å². The first-order valence-corrected chi connectivity index (χ1v) is 9.71. The van der Waals surface area contributed by atoms with E-state index in [4.69, 9.17) is 10.00 Å². The lowest BCUT2D eigenvalue weighted by molar-refractivity contribution is -0.129. The maximum absolute atomic E-state index is 12.4. The van der Waals surface area contributed by atoms with Gasteiger partial charge >= 0.3 is 5.97 Å². The molecule has 0 spiro atoms. The van der Waals surface area contributed by atoms with Crippen LogP contribution in [-0.2, 0) is 16.1 Å². The van der Waals surface area contributed by atoms with Crippen molar-refractivity contribution in [1.29, 1.82) is 5.26 Å². The molecule has 29 heavy (non-hydrogen) atoms. The summed E-state index contributed by atoms with van der Waals surface area (Å²) in [6.45, 7) is 0.464. The van der Waals surface area contributed by atoms with Gasteiger partial charge in [-0.25, -0.2) is 9.79 Å². The lowest BCUT2D eigenvalue weighted by Gasteiger charge is -2.00. The van der Waals surface area contributed by atoms with E-state index in [2.05, 4.69) is 32.1 Å². The van der Waals surface area contributed by atoms with E-state index in [0.29, 0.717) is 18.7 Å². The number of halogens is 1. The minimum absolute atomic E-state index is 0.210. The SMILES string of the molecule is N#CCCn1cc(C=C2N=C(c3ccccc3)OC2=O)c(-c2ccc(Br)cc2)n1. The molecule has 1 aromatic heterocycles. The van der Waals surface area contributed by atoms with Gasteiger partial charge in [0.25, 0.3) is 0 Å². The maximum atomic E-state index is 12.4. The highest BCUT2D eigenvalue weighted by Gasteiger charge is 2.25. The van der Waals surface area contributed by atoms with Gasteiger partial charge in [0, 0.05) is 27.4 Å². The fraction of sp³-hybridized carbons (Fsp3) is 0.0909. The smallest absolute Gasteiger partial charge is 0.363 e. The van der Waals surface area contributed by atoms with Crippen LogP contribution in [0.25, 0.3) is 17.3 Å². The number of carbonyl (C=O) groups is 1. The van der Waals surface area contributed by atoms with E-state index in [1.165, 1.54) is 0 Å². The van der Waals surface area contributed by atoms with E-state index in [1.807, 2.05) is 60.8 Å². The summed E-state index contributed by atoms with van der Waals surface area (Å²) in [6, 6.07) is 19.1. The highest BCUT2D eigenvalue weighted by atomic mass is 79.9. The van der Waals surface area contributed by atoms with E-state index in [1.54, 1.807) is 10.8 Å². The zero-order valence-electron chi connectivity index (χ0n) is 15.2. The van der Waals surface area contributed by atoms with Crippen LogP contribution in [0, 0.1) is 11.3 Å². The monoisotopic (exact) mass is 446 g/mol. The van der Waals surface area contributed by atoms with E-state index in [0.717, 1.165) is 21.2 Å². The second kappa shape index (κ2) is 8.25. The number of nitriles is 1. The minimum Gasteiger partial charge on any atom is -0.402 e. The van der Waals surface area contributed by atoms with Gasteiger partial charge in [0.15, 0.2) is 5.70 Å². The van der Waals surface area contributed by atoms with E-state index in [9.17, 15) is 4.79 Å². The van der Waals surface area contributed by atoms with Crippen molar-refractivity contribution in [2.24, 2.45) is 4.99 Å². The summed E-state index contributed by atoms with van der Waals surface area (Å²) in [4.78, 5) is 16.7. The molecule has 6 nitrogen and oxygen atoms in total. The predicted octanol–water partition coefficient (Wildman–Crippen LogP) is 4.57. The van der Waals surface area contributed by atoms with Crippen molar-refractivity contribution >= 4 is 33.9 Å². The quantitative estimate of drug-likeness (QED) is 0.424. The van der Waals surface area contributed by atoms with Gasteiger partial charge in [-0.3, -0.25) is 4.68 Å². The zero-order chi connectivity index (χ0) is 20.2. The number of nitrogens with zero attached hydrogens (tertiary/aromatic N) is 4. The number of benzene rings is 2. The molecule has 142 valence electrons. The van der Waals surface area contributed by atoms with Gasteiger partial charge in [-0.1, -0.05) is 46.3 Å². The van der Waals surface area contributed by atoms with Crippen molar-refractivity contribution in [1.82, 2.24) is 9.78 Å². The third-order valence-electron chi connectivity index (χ3n) is 4.29. The zero-order valence-corrected chi connectivity index (χ0v) is 16.8. The molecule has 7 heteroatoms. The number of aryl methyl sites for hydroxylation is 1. The van der Waals surface area contributed by atoms with Gasteiger partial charge < -0.3 is 4.74 Å². The fourth-order valence-electron chi connectivity index (χ4n) is 2.91. The number of esters is 1. The lowest BCUT2D eigenvalue weighted by Crippen LogP contribution is -2.04. The number of aromatic nitrogens is 2. The molecule has 0 amide bonds. The second-order valence-corrected chi connectivity index (χ2v) is 7.23. The number of rotatable bonds is 5. The molecule has 0 saturated heterocycles. The Morgan fingerprint density at radius 2 is 1.86 bits per heavy atom. The van der Waals surface area contributed by atoms with Gasteiger partial charge in [-0.2, -0.15) is 10.4 Å². The van der Waals surface area contributed by atoms with Crippen LogP contribution < -0.4 is 0 Å². The van der Waals surface area contributed by atoms with Crippen LogP contribution in [0.5, 0.6) is 0 Å². The molecule has 0 radical (unpaired) electrons. The number of carbonyl (C=O) groups excluding carboxylic acids is 1. The minimum atomic E-state index is -0.504. The molecule has 0 fully saturated rings. The Balaban J connectivity index is 1.74. The van der Waals surface area contributed by atoms with Crippen LogP contribution in [-0.4, -0.2) is 21.6 Å². The Morgan fingerprint density at radius 3 is 2.59 bits per heavy atom. The van der Waals surface area contributed by atoms with E-state index >= 15 is 0 Å². The van der Waals surface area contributed by atoms with Gasteiger partial charge in [-0.05, 0) is 30.3 Å². The van der Waals surface area contributed by atoms with Crippen LogP contribution in [0.4, 0.5) is 0 Å². The lowest BCUT2D eigenvalue weighted by atomic mass is 10.1. The highest BCUT2D eigenvalue weighted by molar-refractivity contribution is 9.10. The summed E-state index contributed by atoms with van der Waals surface area (Å²) in [7, 11) is 0. The van der Waals surface area contributed by atoms with Gasteiger partial charge in [0.05, 0.1) is 24.7 Å². The Hall–Kier alpha value is -3.50. The Bertz CT molecular complexity index is 1160. The third kappa shape index (κ3) is 4.18. The molecule has 2 aromatic carbocycles. The molecule has 0 unspecified atom stereocenters. The topological polar surface area (TPSA) is 80.3 Å². The first-order chi connectivity index (χ1) is 14.1. The molecule has 0 aliphatic carbocycles. The molecule has 0 bridgehead atoms. The number of ether oxygens (including phenoxy) is 1. The standard InChI is InChI=1S/C22H15BrN4O2/c23-18-9-7-15(8-10-18)20-17(14-27(26-20)12-4-11-24)13-19-22(28)29-21(25-19)16-5-2-1-3-6-16/h1-3,5-10,13-14H,4,12H2.